The first kappa shape index (κ1) is 14.9. The number of non-ortho nitro benzene ring substituents is 1. The van der Waals surface area contributed by atoms with Gasteiger partial charge in [0.15, 0.2) is 0 Å². The van der Waals surface area contributed by atoms with Crippen molar-refractivity contribution >= 4 is 11.4 Å². The van der Waals surface area contributed by atoms with Crippen molar-refractivity contribution in [3.8, 4) is 0 Å². The van der Waals surface area contributed by atoms with E-state index in [1.165, 1.54) is 22.4 Å². The minimum absolute atomic E-state index is 0.142. The molecule has 122 valence electrons. The predicted molar refractivity (Wildman–Crippen MR) is 95.4 cm³/mol. The minimum atomic E-state index is -0.346. The number of nitrogens with one attached hydrogen (secondary N) is 1. The SMILES string of the molecule is Cc1ccc(C)c2c1N[C@H](c1ccc([N+](=O)[O-])cc1)[C@@H]1CC=C[C@H]21. The van der Waals surface area contributed by atoms with E-state index < -0.39 is 0 Å². The fourth-order valence-corrected chi connectivity index (χ4v) is 4.18. The maximum absolute atomic E-state index is 10.9. The van der Waals surface area contributed by atoms with E-state index in [2.05, 4.69) is 43.4 Å². The normalized spacial score (nSPS) is 24.2. The summed E-state index contributed by atoms with van der Waals surface area (Å²) in [4.78, 5) is 10.6. The molecule has 4 nitrogen and oxygen atoms in total. The van der Waals surface area contributed by atoms with Gasteiger partial charge >= 0.3 is 0 Å². The van der Waals surface area contributed by atoms with Gasteiger partial charge in [-0.15, -0.1) is 0 Å². The molecule has 2 aliphatic rings. The van der Waals surface area contributed by atoms with Crippen LogP contribution < -0.4 is 5.32 Å². The highest BCUT2D eigenvalue weighted by Gasteiger charge is 2.39. The van der Waals surface area contributed by atoms with Gasteiger partial charge in [-0.2, -0.15) is 0 Å². The average Bonchev–Trinajstić information content (AvgIpc) is 3.07. The molecule has 0 spiro atoms. The number of nitrogens with zero attached hydrogens (tertiary/aromatic N) is 1. The molecule has 1 heterocycles. The van der Waals surface area contributed by atoms with Crippen molar-refractivity contribution in [2.24, 2.45) is 5.92 Å². The zero-order valence-corrected chi connectivity index (χ0v) is 13.8. The van der Waals surface area contributed by atoms with Gasteiger partial charge in [-0.25, -0.2) is 0 Å². The highest BCUT2D eigenvalue weighted by atomic mass is 16.6. The Balaban J connectivity index is 1.78. The van der Waals surface area contributed by atoms with Crippen LogP contribution in [0.4, 0.5) is 11.4 Å². The summed E-state index contributed by atoms with van der Waals surface area (Å²) in [6.07, 6.45) is 5.63. The molecule has 0 radical (unpaired) electrons. The second-order valence-corrected chi connectivity index (χ2v) is 6.81. The fourth-order valence-electron chi connectivity index (χ4n) is 4.18. The van der Waals surface area contributed by atoms with Crippen molar-refractivity contribution in [2.45, 2.75) is 32.2 Å². The van der Waals surface area contributed by atoms with Crippen molar-refractivity contribution in [2.75, 3.05) is 5.32 Å². The van der Waals surface area contributed by atoms with E-state index in [4.69, 9.17) is 0 Å². The standard InChI is InChI=1S/C20H20N2O2/c1-12-6-7-13(2)19-18(12)16-4-3-5-17(16)20(21-19)14-8-10-15(11-9-14)22(23)24/h3-4,6-11,16-17,20-21H,5H2,1-2H3/t16-,17+,20+/m0/s1. The number of aryl methyl sites for hydroxylation is 2. The summed E-state index contributed by atoms with van der Waals surface area (Å²) in [5.74, 6) is 0.876. The smallest absolute Gasteiger partial charge is 0.269 e. The van der Waals surface area contributed by atoms with Crippen LogP contribution in [-0.2, 0) is 0 Å². The number of hydrogen-bond acceptors (Lipinski definition) is 3. The highest BCUT2D eigenvalue weighted by Crippen LogP contribution is 2.51. The maximum Gasteiger partial charge on any atom is 0.269 e. The van der Waals surface area contributed by atoms with Crippen LogP contribution in [0.1, 0.15) is 40.6 Å². The van der Waals surface area contributed by atoms with E-state index in [0.717, 1.165) is 12.0 Å². The third kappa shape index (κ3) is 2.21. The van der Waals surface area contributed by atoms with Crippen LogP contribution in [0.15, 0.2) is 48.6 Å². The average molecular weight is 320 g/mol. The monoisotopic (exact) mass is 320 g/mol. The third-order valence-electron chi connectivity index (χ3n) is 5.41. The second kappa shape index (κ2) is 5.48. The van der Waals surface area contributed by atoms with Crippen molar-refractivity contribution in [3.05, 3.63) is 80.9 Å². The molecule has 1 aliphatic heterocycles. The molecule has 3 atom stereocenters. The number of rotatable bonds is 2. The molecule has 4 rings (SSSR count). The van der Waals surface area contributed by atoms with Crippen molar-refractivity contribution in [1.29, 1.82) is 0 Å². The molecular formula is C20H20N2O2. The molecule has 4 heteroatoms. The fraction of sp³-hybridized carbons (Fsp3) is 0.300. The molecule has 0 saturated carbocycles. The lowest BCUT2D eigenvalue weighted by Gasteiger charge is -2.39. The number of benzene rings is 2. The van der Waals surface area contributed by atoms with Crippen LogP contribution in [0, 0.1) is 29.9 Å². The van der Waals surface area contributed by atoms with Gasteiger partial charge in [-0.1, -0.05) is 36.4 Å². The lowest BCUT2D eigenvalue weighted by atomic mass is 9.75. The van der Waals surface area contributed by atoms with Crippen LogP contribution in [0.2, 0.25) is 0 Å². The molecule has 2 aromatic rings. The Kier molecular flexibility index (Phi) is 3.41. The number of hydrogen-bond donors (Lipinski definition) is 1. The number of nitro groups is 1. The number of fused-ring (bicyclic) bond motifs is 3. The first-order valence-corrected chi connectivity index (χ1v) is 8.34. The van der Waals surface area contributed by atoms with Gasteiger partial charge in [0.1, 0.15) is 0 Å². The topological polar surface area (TPSA) is 55.2 Å². The molecule has 0 unspecified atom stereocenters. The first-order chi connectivity index (χ1) is 11.6. The Morgan fingerprint density at radius 3 is 2.50 bits per heavy atom. The number of nitro benzene ring substituents is 1. The molecule has 24 heavy (non-hydrogen) atoms. The van der Waals surface area contributed by atoms with Gasteiger partial charge in [0.2, 0.25) is 0 Å². The van der Waals surface area contributed by atoms with Gasteiger partial charge in [0.05, 0.1) is 11.0 Å². The molecule has 1 aliphatic carbocycles. The summed E-state index contributed by atoms with van der Waals surface area (Å²) in [7, 11) is 0. The summed E-state index contributed by atoms with van der Waals surface area (Å²) in [5, 5.41) is 14.6. The van der Waals surface area contributed by atoms with Crippen molar-refractivity contribution in [1.82, 2.24) is 0 Å². The lowest BCUT2D eigenvalue weighted by Crippen LogP contribution is -2.30. The summed E-state index contributed by atoms with van der Waals surface area (Å²) in [6.45, 7) is 4.31. The molecule has 0 amide bonds. The Morgan fingerprint density at radius 2 is 1.79 bits per heavy atom. The first-order valence-electron chi connectivity index (χ1n) is 8.34. The van der Waals surface area contributed by atoms with Crippen LogP contribution in [0.3, 0.4) is 0 Å². The predicted octanol–water partition coefficient (Wildman–Crippen LogP) is 5.04. The third-order valence-corrected chi connectivity index (χ3v) is 5.41. The van der Waals surface area contributed by atoms with Crippen LogP contribution in [0.5, 0.6) is 0 Å². The van der Waals surface area contributed by atoms with Gasteiger partial charge < -0.3 is 5.32 Å². The van der Waals surface area contributed by atoms with Gasteiger partial charge in [0.25, 0.3) is 5.69 Å². The van der Waals surface area contributed by atoms with E-state index in [1.54, 1.807) is 12.1 Å². The second-order valence-electron chi connectivity index (χ2n) is 6.81. The molecular weight excluding hydrogens is 300 g/mol. The van der Waals surface area contributed by atoms with E-state index >= 15 is 0 Å². The summed E-state index contributed by atoms with van der Waals surface area (Å²) in [6, 6.07) is 11.5. The summed E-state index contributed by atoms with van der Waals surface area (Å²) >= 11 is 0. The van der Waals surface area contributed by atoms with Crippen LogP contribution in [0.25, 0.3) is 0 Å². The number of allylic oxidation sites excluding steroid dienone is 2. The van der Waals surface area contributed by atoms with Crippen molar-refractivity contribution < 1.29 is 4.92 Å². The molecule has 0 aromatic heterocycles. The Hall–Kier alpha value is -2.62. The highest BCUT2D eigenvalue weighted by molar-refractivity contribution is 5.66. The summed E-state index contributed by atoms with van der Waals surface area (Å²) < 4.78 is 0. The molecule has 1 N–H and O–H groups in total. The zero-order valence-electron chi connectivity index (χ0n) is 13.8. The number of anilines is 1. The molecule has 0 bridgehead atoms. The van der Waals surface area contributed by atoms with Gasteiger partial charge in [0, 0.05) is 23.7 Å². The summed E-state index contributed by atoms with van der Waals surface area (Å²) in [5.41, 5.74) is 6.47. The quantitative estimate of drug-likeness (QED) is 0.479. The maximum atomic E-state index is 10.9. The van der Waals surface area contributed by atoms with Crippen molar-refractivity contribution in [3.63, 3.8) is 0 Å². The van der Waals surface area contributed by atoms with E-state index in [1.807, 2.05) is 12.1 Å². The van der Waals surface area contributed by atoms with E-state index in [-0.39, 0.29) is 16.7 Å². The molecule has 2 aromatic carbocycles. The largest absolute Gasteiger partial charge is 0.377 e. The zero-order chi connectivity index (χ0) is 16.8. The van der Waals surface area contributed by atoms with Gasteiger partial charge in [-0.05, 0) is 48.4 Å². The van der Waals surface area contributed by atoms with Gasteiger partial charge in [-0.3, -0.25) is 10.1 Å². The van der Waals surface area contributed by atoms with E-state index in [9.17, 15) is 10.1 Å². The molecule has 0 saturated heterocycles. The van der Waals surface area contributed by atoms with Crippen LogP contribution in [-0.4, -0.2) is 4.92 Å². The van der Waals surface area contributed by atoms with E-state index in [0.29, 0.717) is 11.8 Å². The van der Waals surface area contributed by atoms with Crippen LogP contribution >= 0.6 is 0 Å². The Labute approximate surface area is 141 Å². The molecule has 0 fully saturated rings. The lowest BCUT2D eigenvalue weighted by molar-refractivity contribution is -0.384. The minimum Gasteiger partial charge on any atom is -0.377 e. The Bertz CT molecular complexity index is 839. The Morgan fingerprint density at radius 1 is 1.08 bits per heavy atom.